The summed E-state index contributed by atoms with van der Waals surface area (Å²) in [6.07, 6.45) is 0. The van der Waals surface area contributed by atoms with Crippen molar-refractivity contribution in [3.63, 3.8) is 0 Å². The summed E-state index contributed by atoms with van der Waals surface area (Å²) in [5.74, 6) is 0.424. The van der Waals surface area contributed by atoms with Crippen molar-refractivity contribution in [1.82, 2.24) is 15.1 Å². The van der Waals surface area contributed by atoms with Gasteiger partial charge in [-0.3, -0.25) is 4.79 Å². The molecule has 0 spiro atoms. The maximum atomic E-state index is 12.1. The van der Waals surface area contributed by atoms with Crippen LogP contribution in [0.25, 0.3) is 0 Å². The molecule has 0 saturated carbocycles. The van der Waals surface area contributed by atoms with E-state index in [9.17, 15) is 4.79 Å². The summed E-state index contributed by atoms with van der Waals surface area (Å²) in [7, 11) is 0. The fourth-order valence-corrected chi connectivity index (χ4v) is 1.65. The van der Waals surface area contributed by atoms with Crippen molar-refractivity contribution in [3.05, 3.63) is 27.7 Å². The van der Waals surface area contributed by atoms with Gasteiger partial charge in [0, 0.05) is 24.7 Å². The first-order valence-electron chi connectivity index (χ1n) is 6.21. The van der Waals surface area contributed by atoms with Crippen LogP contribution in [0.1, 0.15) is 39.0 Å². The van der Waals surface area contributed by atoms with E-state index in [1.54, 1.807) is 4.68 Å². The summed E-state index contributed by atoms with van der Waals surface area (Å²) in [6.45, 7) is 11.5. The summed E-state index contributed by atoms with van der Waals surface area (Å²) in [5, 5.41) is 7.55. The molecular weight excluding hydrogens is 214 g/mol. The van der Waals surface area contributed by atoms with Gasteiger partial charge in [-0.15, -0.1) is 0 Å². The molecule has 1 aromatic heterocycles. The lowest BCUT2D eigenvalue weighted by atomic mass is 10.2. The van der Waals surface area contributed by atoms with Gasteiger partial charge in [-0.1, -0.05) is 27.7 Å². The molecule has 4 heteroatoms. The van der Waals surface area contributed by atoms with E-state index in [2.05, 4.69) is 38.1 Å². The summed E-state index contributed by atoms with van der Waals surface area (Å²) in [5.41, 5.74) is 1.72. The van der Waals surface area contributed by atoms with Gasteiger partial charge in [0.2, 0.25) is 0 Å². The summed E-state index contributed by atoms with van der Waals surface area (Å²) >= 11 is 0. The standard InChI is InChI=1S/C13H23N3O/c1-9(2)8-16-13(17)12(6-11(5)15-16)7-14-10(3)4/h6,9-10,14H,7-8H2,1-5H3. The highest BCUT2D eigenvalue weighted by molar-refractivity contribution is 5.12. The molecule has 17 heavy (non-hydrogen) atoms. The van der Waals surface area contributed by atoms with E-state index in [0.717, 1.165) is 11.3 Å². The smallest absolute Gasteiger partial charge is 0.271 e. The second kappa shape index (κ2) is 5.96. The minimum absolute atomic E-state index is 0.0254. The third-order valence-electron chi connectivity index (χ3n) is 2.41. The minimum atomic E-state index is 0.0254. The van der Waals surface area contributed by atoms with Crippen LogP contribution in [-0.4, -0.2) is 15.8 Å². The van der Waals surface area contributed by atoms with Gasteiger partial charge in [-0.2, -0.15) is 5.10 Å². The van der Waals surface area contributed by atoms with Gasteiger partial charge >= 0.3 is 0 Å². The first-order valence-corrected chi connectivity index (χ1v) is 6.21. The van der Waals surface area contributed by atoms with Crippen molar-refractivity contribution in [2.45, 2.75) is 53.8 Å². The Morgan fingerprint density at radius 2 is 2.00 bits per heavy atom. The number of rotatable bonds is 5. The van der Waals surface area contributed by atoms with Gasteiger partial charge in [0.15, 0.2) is 0 Å². The highest BCUT2D eigenvalue weighted by Crippen LogP contribution is 1.99. The zero-order chi connectivity index (χ0) is 13.0. The number of aromatic nitrogens is 2. The maximum Gasteiger partial charge on any atom is 0.271 e. The highest BCUT2D eigenvalue weighted by atomic mass is 16.1. The Balaban J connectivity index is 2.97. The Labute approximate surface area is 103 Å². The molecule has 0 bridgehead atoms. The Bertz CT molecular complexity index is 421. The second-order valence-corrected chi connectivity index (χ2v) is 5.23. The second-order valence-electron chi connectivity index (χ2n) is 5.23. The zero-order valence-electron chi connectivity index (χ0n) is 11.4. The van der Waals surface area contributed by atoms with E-state index in [1.807, 2.05) is 13.0 Å². The summed E-state index contributed by atoms with van der Waals surface area (Å²) in [6, 6.07) is 2.25. The molecule has 0 aliphatic rings. The molecule has 0 atom stereocenters. The molecule has 0 saturated heterocycles. The van der Waals surface area contributed by atoms with Gasteiger partial charge in [0.05, 0.1) is 5.69 Å². The number of hydrogen-bond donors (Lipinski definition) is 1. The van der Waals surface area contributed by atoms with Crippen LogP contribution in [0.2, 0.25) is 0 Å². The Morgan fingerprint density at radius 3 is 2.53 bits per heavy atom. The lowest BCUT2D eigenvalue weighted by Gasteiger charge is -2.12. The number of hydrogen-bond acceptors (Lipinski definition) is 3. The summed E-state index contributed by atoms with van der Waals surface area (Å²) in [4.78, 5) is 12.1. The fraction of sp³-hybridized carbons (Fsp3) is 0.692. The third kappa shape index (κ3) is 4.30. The van der Waals surface area contributed by atoms with Crippen LogP contribution in [0.5, 0.6) is 0 Å². The van der Waals surface area contributed by atoms with E-state index in [4.69, 9.17) is 0 Å². The Morgan fingerprint density at radius 1 is 1.35 bits per heavy atom. The molecule has 0 amide bonds. The van der Waals surface area contributed by atoms with Gasteiger partial charge in [-0.25, -0.2) is 4.68 Å². The lowest BCUT2D eigenvalue weighted by Crippen LogP contribution is -2.32. The molecule has 0 aromatic carbocycles. The number of aryl methyl sites for hydroxylation is 1. The van der Waals surface area contributed by atoms with Crippen LogP contribution in [-0.2, 0) is 13.1 Å². The number of nitrogens with one attached hydrogen (secondary N) is 1. The van der Waals surface area contributed by atoms with Crippen molar-refractivity contribution in [3.8, 4) is 0 Å². The minimum Gasteiger partial charge on any atom is -0.310 e. The molecule has 0 aliphatic heterocycles. The molecule has 0 unspecified atom stereocenters. The van der Waals surface area contributed by atoms with Crippen molar-refractivity contribution in [1.29, 1.82) is 0 Å². The molecule has 0 fully saturated rings. The molecule has 96 valence electrons. The monoisotopic (exact) mass is 237 g/mol. The third-order valence-corrected chi connectivity index (χ3v) is 2.41. The highest BCUT2D eigenvalue weighted by Gasteiger charge is 2.08. The van der Waals surface area contributed by atoms with Crippen LogP contribution >= 0.6 is 0 Å². The van der Waals surface area contributed by atoms with Crippen molar-refractivity contribution >= 4 is 0 Å². The molecule has 1 aromatic rings. The lowest BCUT2D eigenvalue weighted by molar-refractivity contribution is 0.454. The Kier molecular flexibility index (Phi) is 4.87. The molecule has 1 N–H and O–H groups in total. The van der Waals surface area contributed by atoms with E-state index in [0.29, 0.717) is 25.0 Å². The number of nitrogens with zero attached hydrogens (tertiary/aromatic N) is 2. The van der Waals surface area contributed by atoms with E-state index >= 15 is 0 Å². The van der Waals surface area contributed by atoms with Crippen LogP contribution in [0.3, 0.4) is 0 Å². The maximum absolute atomic E-state index is 12.1. The van der Waals surface area contributed by atoms with Crippen LogP contribution in [0.15, 0.2) is 10.9 Å². The molecular formula is C13H23N3O. The van der Waals surface area contributed by atoms with Crippen molar-refractivity contribution in [2.24, 2.45) is 5.92 Å². The van der Waals surface area contributed by atoms with Crippen molar-refractivity contribution in [2.75, 3.05) is 0 Å². The predicted octanol–water partition coefficient (Wildman–Crippen LogP) is 1.71. The molecule has 0 aliphatic carbocycles. The first kappa shape index (κ1) is 13.9. The predicted molar refractivity (Wildman–Crippen MR) is 70.0 cm³/mol. The molecule has 4 nitrogen and oxygen atoms in total. The first-order chi connectivity index (χ1) is 7.90. The normalized spacial score (nSPS) is 11.5. The van der Waals surface area contributed by atoms with Crippen LogP contribution in [0, 0.1) is 12.8 Å². The average Bonchev–Trinajstić information content (AvgIpc) is 2.19. The fourth-order valence-electron chi connectivity index (χ4n) is 1.65. The van der Waals surface area contributed by atoms with Gasteiger partial charge < -0.3 is 5.32 Å². The average molecular weight is 237 g/mol. The SMILES string of the molecule is Cc1cc(CNC(C)C)c(=O)n(CC(C)C)n1. The van der Waals surface area contributed by atoms with Gasteiger partial charge in [0.1, 0.15) is 0 Å². The van der Waals surface area contributed by atoms with Crippen LogP contribution < -0.4 is 10.9 Å². The topological polar surface area (TPSA) is 46.9 Å². The molecule has 1 heterocycles. The van der Waals surface area contributed by atoms with E-state index < -0.39 is 0 Å². The van der Waals surface area contributed by atoms with Crippen molar-refractivity contribution < 1.29 is 0 Å². The summed E-state index contributed by atoms with van der Waals surface area (Å²) < 4.78 is 1.58. The van der Waals surface area contributed by atoms with Crippen LogP contribution in [0.4, 0.5) is 0 Å². The quantitative estimate of drug-likeness (QED) is 0.848. The largest absolute Gasteiger partial charge is 0.310 e. The van der Waals surface area contributed by atoms with Gasteiger partial charge in [0.25, 0.3) is 5.56 Å². The van der Waals surface area contributed by atoms with Gasteiger partial charge in [-0.05, 0) is 18.9 Å². The molecule has 0 radical (unpaired) electrons. The zero-order valence-corrected chi connectivity index (χ0v) is 11.4. The Hall–Kier alpha value is -1.16. The van der Waals surface area contributed by atoms with E-state index in [1.165, 1.54) is 0 Å². The van der Waals surface area contributed by atoms with E-state index in [-0.39, 0.29) is 5.56 Å². The molecule has 1 rings (SSSR count).